The van der Waals surface area contributed by atoms with Crippen LogP contribution >= 0.6 is 23.5 Å². The van der Waals surface area contributed by atoms with Gasteiger partial charge in [0.1, 0.15) is 5.82 Å². The number of carbonyl (C=O) groups excluding carboxylic acids is 3. The largest absolute Gasteiger partial charge is 0.390 e. The van der Waals surface area contributed by atoms with E-state index in [1.807, 2.05) is 0 Å². The number of amides is 3. The fourth-order valence-electron chi connectivity index (χ4n) is 2.61. The van der Waals surface area contributed by atoms with Crippen molar-refractivity contribution in [3.63, 3.8) is 0 Å². The highest BCUT2D eigenvalue weighted by molar-refractivity contribution is 8.18. The second-order valence-corrected chi connectivity index (χ2v) is 7.99. The first kappa shape index (κ1) is 18.9. The molecule has 9 heteroatoms. The van der Waals surface area contributed by atoms with E-state index >= 15 is 0 Å². The Kier molecular flexibility index (Phi) is 6.00. The zero-order valence-electron chi connectivity index (χ0n) is 13.7. The van der Waals surface area contributed by atoms with Gasteiger partial charge in [0, 0.05) is 24.5 Å². The van der Waals surface area contributed by atoms with E-state index < -0.39 is 23.1 Å². The summed E-state index contributed by atoms with van der Waals surface area (Å²) in [5, 5.41) is 12.0. The first-order valence-corrected chi connectivity index (χ1v) is 9.97. The highest BCUT2D eigenvalue weighted by atomic mass is 32.2. The van der Waals surface area contributed by atoms with Gasteiger partial charge in [-0.25, -0.2) is 4.39 Å². The van der Waals surface area contributed by atoms with Crippen molar-refractivity contribution in [1.29, 1.82) is 0 Å². The second kappa shape index (κ2) is 8.24. The number of aliphatic hydroxyl groups excluding tert-OH is 1. The first-order chi connectivity index (χ1) is 12.4. The summed E-state index contributed by atoms with van der Waals surface area (Å²) < 4.78 is 13.2. The molecule has 2 aliphatic heterocycles. The summed E-state index contributed by atoms with van der Waals surface area (Å²) in [5.74, 6) is -0.0100. The first-order valence-electron chi connectivity index (χ1n) is 8.00. The van der Waals surface area contributed by atoms with Crippen molar-refractivity contribution < 1.29 is 23.9 Å². The highest BCUT2D eigenvalue weighted by Crippen LogP contribution is 2.32. The maximum Gasteiger partial charge on any atom is 0.293 e. The van der Waals surface area contributed by atoms with Crippen molar-refractivity contribution in [3.8, 4) is 0 Å². The SMILES string of the molecule is O=C(CCN1C(=O)S/C(=C\c2cccc(F)c2)C1=O)NC1CSCC1O. The molecule has 2 heterocycles. The standard InChI is InChI=1S/C17H17FN2O4S2/c18-11-3-1-2-10(6-11)7-14-16(23)20(17(24)26-14)5-4-15(22)19-12-8-25-9-13(12)21/h1-3,6-7,12-13,21H,4-5,8-9H2,(H,19,22)/b14-7-. The van der Waals surface area contributed by atoms with Crippen molar-refractivity contribution in [2.24, 2.45) is 0 Å². The lowest BCUT2D eigenvalue weighted by molar-refractivity contribution is -0.124. The molecule has 2 N–H and O–H groups in total. The highest BCUT2D eigenvalue weighted by Gasteiger charge is 2.35. The van der Waals surface area contributed by atoms with E-state index in [1.165, 1.54) is 24.3 Å². The summed E-state index contributed by atoms with van der Waals surface area (Å²) in [6.45, 7) is -0.0348. The Hall–Kier alpha value is -1.84. The molecule has 138 valence electrons. The van der Waals surface area contributed by atoms with Crippen LogP contribution in [0.5, 0.6) is 0 Å². The molecular formula is C17H17FN2O4S2. The molecule has 6 nitrogen and oxygen atoms in total. The average Bonchev–Trinajstić information content (AvgIpc) is 3.10. The number of rotatable bonds is 5. The smallest absolute Gasteiger partial charge is 0.293 e. The molecule has 2 unspecified atom stereocenters. The Morgan fingerprint density at radius 1 is 1.38 bits per heavy atom. The maximum atomic E-state index is 13.2. The Balaban J connectivity index is 1.58. The van der Waals surface area contributed by atoms with Crippen LogP contribution in [-0.2, 0) is 9.59 Å². The van der Waals surface area contributed by atoms with E-state index in [1.54, 1.807) is 17.8 Å². The van der Waals surface area contributed by atoms with E-state index in [0.29, 0.717) is 17.1 Å². The molecule has 0 saturated carbocycles. The van der Waals surface area contributed by atoms with E-state index in [-0.39, 0.29) is 29.8 Å². The van der Waals surface area contributed by atoms with Gasteiger partial charge in [-0.1, -0.05) is 12.1 Å². The van der Waals surface area contributed by atoms with Crippen LogP contribution in [0.1, 0.15) is 12.0 Å². The number of thioether (sulfide) groups is 2. The van der Waals surface area contributed by atoms with Gasteiger partial charge in [-0.3, -0.25) is 19.3 Å². The minimum Gasteiger partial charge on any atom is -0.390 e. The lowest BCUT2D eigenvalue weighted by Gasteiger charge is -2.17. The Labute approximate surface area is 158 Å². The van der Waals surface area contributed by atoms with Gasteiger partial charge in [0.2, 0.25) is 5.91 Å². The third kappa shape index (κ3) is 4.46. The summed E-state index contributed by atoms with van der Waals surface area (Å²) in [6, 6.07) is 5.42. The lowest BCUT2D eigenvalue weighted by atomic mass is 10.2. The third-order valence-corrected chi connectivity index (χ3v) is 6.06. The predicted molar refractivity (Wildman–Crippen MR) is 99.0 cm³/mol. The van der Waals surface area contributed by atoms with Crippen molar-refractivity contribution in [3.05, 3.63) is 40.6 Å². The molecule has 2 fully saturated rings. The molecule has 3 amide bonds. The fraction of sp³-hybridized carbons (Fsp3) is 0.353. The number of benzene rings is 1. The number of nitrogens with one attached hydrogen (secondary N) is 1. The quantitative estimate of drug-likeness (QED) is 0.739. The maximum absolute atomic E-state index is 13.2. The Bertz CT molecular complexity index is 771. The summed E-state index contributed by atoms with van der Waals surface area (Å²) in [6.07, 6.45) is 0.856. The van der Waals surface area contributed by atoms with Crippen molar-refractivity contribution in [1.82, 2.24) is 10.2 Å². The minimum atomic E-state index is -0.574. The van der Waals surface area contributed by atoms with Gasteiger partial charge >= 0.3 is 0 Å². The predicted octanol–water partition coefficient (Wildman–Crippen LogP) is 1.84. The summed E-state index contributed by atoms with van der Waals surface area (Å²) in [7, 11) is 0. The van der Waals surface area contributed by atoms with Crippen LogP contribution in [0.3, 0.4) is 0 Å². The number of hydrogen-bond donors (Lipinski definition) is 2. The van der Waals surface area contributed by atoms with Gasteiger partial charge in [0.25, 0.3) is 11.1 Å². The van der Waals surface area contributed by atoms with Gasteiger partial charge in [-0.15, -0.1) is 0 Å². The van der Waals surface area contributed by atoms with Crippen LogP contribution in [0, 0.1) is 5.82 Å². The Morgan fingerprint density at radius 2 is 2.19 bits per heavy atom. The van der Waals surface area contributed by atoms with Crippen LogP contribution in [0.15, 0.2) is 29.2 Å². The average molecular weight is 396 g/mol. The van der Waals surface area contributed by atoms with Crippen LogP contribution in [-0.4, -0.2) is 57.3 Å². The molecule has 1 aromatic rings. The zero-order chi connectivity index (χ0) is 18.7. The van der Waals surface area contributed by atoms with Crippen LogP contribution < -0.4 is 5.32 Å². The summed E-state index contributed by atoms with van der Waals surface area (Å²) in [5.41, 5.74) is 0.487. The van der Waals surface area contributed by atoms with Crippen molar-refractivity contribution in [2.75, 3.05) is 18.1 Å². The summed E-state index contributed by atoms with van der Waals surface area (Å²) in [4.78, 5) is 37.6. The van der Waals surface area contributed by atoms with Crippen LogP contribution in [0.25, 0.3) is 6.08 Å². The number of imide groups is 1. The van der Waals surface area contributed by atoms with E-state index in [0.717, 1.165) is 16.7 Å². The number of nitrogens with zero attached hydrogens (tertiary/aromatic N) is 1. The molecule has 1 aromatic carbocycles. The van der Waals surface area contributed by atoms with E-state index in [2.05, 4.69) is 5.32 Å². The molecule has 2 atom stereocenters. The molecule has 0 aliphatic carbocycles. The van der Waals surface area contributed by atoms with Crippen molar-refractivity contribution >= 4 is 46.7 Å². The molecule has 26 heavy (non-hydrogen) atoms. The van der Waals surface area contributed by atoms with Gasteiger partial charge in [0.15, 0.2) is 0 Å². The topological polar surface area (TPSA) is 86.7 Å². The molecular weight excluding hydrogens is 379 g/mol. The minimum absolute atomic E-state index is 0.0286. The monoisotopic (exact) mass is 396 g/mol. The second-order valence-electron chi connectivity index (χ2n) is 5.92. The zero-order valence-corrected chi connectivity index (χ0v) is 15.3. The fourth-order valence-corrected chi connectivity index (χ4v) is 4.65. The van der Waals surface area contributed by atoms with Gasteiger partial charge in [0.05, 0.1) is 17.1 Å². The Morgan fingerprint density at radius 3 is 2.88 bits per heavy atom. The normalized spacial score (nSPS) is 24.5. The number of aliphatic hydroxyl groups is 1. The molecule has 0 bridgehead atoms. The lowest BCUT2D eigenvalue weighted by Crippen LogP contribution is -2.43. The van der Waals surface area contributed by atoms with Gasteiger partial charge < -0.3 is 10.4 Å². The van der Waals surface area contributed by atoms with Gasteiger partial charge in [-0.05, 0) is 35.5 Å². The summed E-state index contributed by atoms with van der Waals surface area (Å²) >= 11 is 2.33. The van der Waals surface area contributed by atoms with Gasteiger partial charge in [-0.2, -0.15) is 11.8 Å². The number of carbonyl (C=O) groups is 3. The van der Waals surface area contributed by atoms with Crippen LogP contribution in [0.2, 0.25) is 0 Å². The van der Waals surface area contributed by atoms with Crippen molar-refractivity contribution in [2.45, 2.75) is 18.6 Å². The third-order valence-electron chi connectivity index (χ3n) is 3.98. The molecule has 0 radical (unpaired) electrons. The number of hydrogen-bond acceptors (Lipinski definition) is 6. The number of halogens is 1. The van der Waals surface area contributed by atoms with Crippen LogP contribution in [0.4, 0.5) is 9.18 Å². The molecule has 2 saturated heterocycles. The molecule has 0 aromatic heterocycles. The molecule has 0 spiro atoms. The molecule has 2 aliphatic rings. The van der Waals surface area contributed by atoms with E-state index in [9.17, 15) is 23.9 Å². The van der Waals surface area contributed by atoms with E-state index in [4.69, 9.17) is 0 Å². The molecule has 3 rings (SSSR count).